The Morgan fingerprint density at radius 2 is 1.14 bits per heavy atom. The van der Waals surface area contributed by atoms with Crippen molar-refractivity contribution in [3.05, 3.63) is 103 Å². The van der Waals surface area contributed by atoms with Crippen molar-refractivity contribution in [3.63, 3.8) is 0 Å². The lowest BCUT2D eigenvalue weighted by Crippen LogP contribution is -3.00. The summed E-state index contributed by atoms with van der Waals surface area (Å²) in [6.07, 6.45) is 10.8. The minimum atomic E-state index is -1.73. The van der Waals surface area contributed by atoms with Gasteiger partial charge in [-0.05, 0) is 80.7 Å². The molecule has 1 atom stereocenters. The van der Waals surface area contributed by atoms with E-state index in [0.29, 0.717) is 6.10 Å². The van der Waals surface area contributed by atoms with Crippen LogP contribution in [0.5, 0.6) is 0 Å². The van der Waals surface area contributed by atoms with Crippen LogP contribution in [0.3, 0.4) is 0 Å². The third-order valence-electron chi connectivity index (χ3n) is 7.67. The van der Waals surface area contributed by atoms with E-state index in [1.807, 2.05) is 0 Å². The molecule has 0 heterocycles. The van der Waals surface area contributed by atoms with Crippen molar-refractivity contribution in [2.24, 2.45) is 0 Å². The van der Waals surface area contributed by atoms with Gasteiger partial charge in [-0.15, -0.1) is 0 Å². The monoisotopic (exact) mass is 644 g/mol. The lowest BCUT2D eigenvalue weighted by molar-refractivity contribution is -0.00000942. The number of rotatable bonds is 12. The normalized spacial score (nSPS) is 13.4. The zero-order valence-electron chi connectivity index (χ0n) is 23.7. The fraction of sp³-hybridized carbons (Fsp3) is 0.394. The fourth-order valence-corrected chi connectivity index (χ4v) is 10.4. The van der Waals surface area contributed by atoms with E-state index in [4.69, 9.17) is 4.43 Å². The van der Waals surface area contributed by atoms with Crippen molar-refractivity contribution in [3.8, 4) is 0 Å². The highest BCUT2D eigenvalue weighted by molar-refractivity contribution is 7.95. The molecule has 0 aliphatic carbocycles. The molecule has 1 nitrogen and oxygen atoms in total. The van der Waals surface area contributed by atoms with Gasteiger partial charge < -0.3 is 28.4 Å². The van der Waals surface area contributed by atoms with E-state index in [9.17, 15) is 0 Å². The molecule has 0 saturated carbocycles. The minimum Gasteiger partial charge on any atom is -1.00 e. The van der Waals surface area contributed by atoms with Gasteiger partial charge >= 0.3 is 0 Å². The van der Waals surface area contributed by atoms with E-state index in [1.54, 1.807) is 0 Å². The Labute approximate surface area is 245 Å². The Balaban J connectivity index is 0.00000481. The van der Waals surface area contributed by atoms with Crippen molar-refractivity contribution in [2.45, 2.75) is 77.6 Å². The van der Waals surface area contributed by atoms with Crippen LogP contribution in [0.2, 0.25) is 18.1 Å². The standard InChI is InChI=1S/C33H46OPSi.HI/c1-29(34-36(5,6)33(2,3)4)21-13-8-7-9-20-28-35(30-22-14-10-15-23-30,31-24-16-11-17-25-31)32-26-18-12-19-27-32;/h7,9-12,14-19,22-27,29H,8,13,20-21,28H2,1-6H3;1H/q+1;/p-1/b9-7-;. The number of unbranched alkanes of at least 4 members (excludes halogenated alkanes) is 1. The molecule has 200 valence electrons. The van der Waals surface area contributed by atoms with Gasteiger partial charge in [-0.25, -0.2) is 0 Å². The first-order valence-electron chi connectivity index (χ1n) is 13.5. The number of hydrogen-bond acceptors (Lipinski definition) is 1. The van der Waals surface area contributed by atoms with Crippen molar-refractivity contribution in [2.75, 3.05) is 6.16 Å². The fourth-order valence-electron chi connectivity index (χ4n) is 4.65. The maximum absolute atomic E-state index is 6.54. The van der Waals surface area contributed by atoms with Crippen LogP contribution in [-0.2, 0) is 4.43 Å². The van der Waals surface area contributed by atoms with E-state index >= 15 is 0 Å². The summed E-state index contributed by atoms with van der Waals surface area (Å²) in [6, 6.07) is 33.6. The van der Waals surface area contributed by atoms with Crippen LogP contribution in [0, 0.1) is 0 Å². The third-order valence-corrected chi connectivity index (χ3v) is 16.7. The molecule has 0 aliphatic rings. The molecular formula is C33H46IOPSi. The van der Waals surface area contributed by atoms with E-state index in [0.717, 1.165) is 25.4 Å². The molecule has 0 spiro atoms. The largest absolute Gasteiger partial charge is 1.00 e. The number of hydrogen-bond donors (Lipinski definition) is 0. The molecule has 3 rings (SSSR count). The van der Waals surface area contributed by atoms with Crippen LogP contribution >= 0.6 is 7.26 Å². The predicted octanol–water partition coefficient (Wildman–Crippen LogP) is 5.51. The summed E-state index contributed by atoms with van der Waals surface area (Å²) in [5.74, 6) is 0. The van der Waals surface area contributed by atoms with E-state index in [-0.39, 0.29) is 29.0 Å². The Hall–Kier alpha value is -1.26. The lowest BCUT2D eigenvalue weighted by atomic mass is 10.1. The molecule has 1 unspecified atom stereocenters. The smallest absolute Gasteiger partial charge is 0.192 e. The van der Waals surface area contributed by atoms with Crippen molar-refractivity contribution >= 4 is 31.5 Å². The molecule has 37 heavy (non-hydrogen) atoms. The van der Waals surface area contributed by atoms with Gasteiger partial charge in [-0.3, -0.25) is 0 Å². The quantitative estimate of drug-likeness (QED) is 0.0832. The van der Waals surface area contributed by atoms with Gasteiger partial charge in [-0.2, -0.15) is 0 Å². The summed E-state index contributed by atoms with van der Waals surface area (Å²) < 4.78 is 6.54. The van der Waals surface area contributed by atoms with Crippen molar-refractivity contribution in [1.29, 1.82) is 0 Å². The molecule has 3 aromatic carbocycles. The molecule has 0 radical (unpaired) electrons. The molecule has 0 N–H and O–H groups in total. The Bertz CT molecular complexity index is 965. The second kappa shape index (κ2) is 14.8. The topological polar surface area (TPSA) is 9.23 Å². The Morgan fingerprint density at radius 1 is 0.730 bits per heavy atom. The van der Waals surface area contributed by atoms with Gasteiger partial charge in [-0.1, -0.05) is 87.5 Å². The lowest BCUT2D eigenvalue weighted by Gasteiger charge is -2.38. The van der Waals surface area contributed by atoms with E-state index < -0.39 is 15.6 Å². The molecule has 0 amide bonds. The molecule has 0 saturated heterocycles. The predicted molar refractivity (Wildman–Crippen MR) is 165 cm³/mol. The Morgan fingerprint density at radius 3 is 1.54 bits per heavy atom. The number of benzene rings is 3. The molecule has 4 heteroatoms. The molecule has 3 aromatic rings. The van der Waals surface area contributed by atoms with Gasteiger partial charge in [0.15, 0.2) is 8.32 Å². The molecule has 0 bridgehead atoms. The first kappa shape index (κ1) is 32.0. The van der Waals surface area contributed by atoms with Crippen LogP contribution < -0.4 is 39.9 Å². The summed E-state index contributed by atoms with van der Waals surface area (Å²) >= 11 is 0. The molecule has 0 fully saturated rings. The van der Waals surface area contributed by atoms with Gasteiger partial charge in [0, 0.05) is 12.5 Å². The van der Waals surface area contributed by atoms with Crippen LogP contribution in [-0.4, -0.2) is 20.6 Å². The van der Waals surface area contributed by atoms with Gasteiger partial charge in [0.05, 0.1) is 6.16 Å². The summed E-state index contributed by atoms with van der Waals surface area (Å²) in [5.41, 5.74) is 0. The highest BCUT2D eigenvalue weighted by Gasteiger charge is 2.44. The molecule has 0 aromatic heterocycles. The SMILES string of the molecule is CC(CCC/C=C\CC[P+](c1ccccc1)(c1ccccc1)c1ccccc1)O[Si](C)(C)C(C)(C)C.[I-]. The van der Waals surface area contributed by atoms with Crippen molar-refractivity contribution < 1.29 is 28.4 Å². The maximum atomic E-state index is 6.54. The average molecular weight is 645 g/mol. The first-order chi connectivity index (χ1) is 17.2. The zero-order valence-corrected chi connectivity index (χ0v) is 27.7. The van der Waals surface area contributed by atoms with Crippen LogP contribution in [0.4, 0.5) is 0 Å². The second-order valence-electron chi connectivity index (χ2n) is 11.4. The minimum absolute atomic E-state index is 0. The summed E-state index contributed by atoms with van der Waals surface area (Å²) in [7, 11) is -3.41. The Kier molecular flexibility index (Phi) is 12.8. The zero-order chi connectivity index (χ0) is 26.1. The highest BCUT2D eigenvalue weighted by atomic mass is 127. The van der Waals surface area contributed by atoms with Gasteiger partial charge in [0.2, 0.25) is 0 Å². The molecular weight excluding hydrogens is 598 g/mol. The average Bonchev–Trinajstić information content (AvgIpc) is 2.86. The van der Waals surface area contributed by atoms with Crippen molar-refractivity contribution in [1.82, 2.24) is 0 Å². The van der Waals surface area contributed by atoms with E-state index in [1.165, 1.54) is 22.3 Å². The third kappa shape index (κ3) is 8.61. The summed E-state index contributed by atoms with van der Waals surface area (Å²) in [5, 5.41) is 4.67. The van der Waals surface area contributed by atoms with Gasteiger partial charge in [0.1, 0.15) is 23.2 Å². The van der Waals surface area contributed by atoms with Crippen LogP contribution in [0.25, 0.3) is 0 Å². The molecule has 0 aliphatic heterocycles. The van der Waals surface area contributed by atoms with E-state index in [2.05, 4.69) is 144 Å². The maximum Gasteiger partial charge on any atom is 0.192 e. The highest BCUT2D eigenvalue weighted by Crippen LogP contribution is 2.55. The second-order valence-corrected chi connectivity index (χ2v) is 19.8. The van der Waals surface area contributed by atoms with Gasteiger partial charge in [0.25, 0.3) is 0 Å². The summed E-state index contributed by atoms with van der Waals surface area (Å²) in [4.78, 5) is 0. The first-order valence-corrected chi connectivity index (χ1v) is 18.4. The van der Waals surface area contributed by atoms with Crippen LogP contribution in [0.15, 0.2) is 103 Å². The number of allylic oxidation sites excluding steroid dienone is 2. The summed E-state index contributed by atoms with van der Waals surface area (Å²) in [6.45, 7) is 13.9. The van der Waals surface area contributed by atoms with Crippen LogP contribution in [0.1, 0.15) is 53.4 Å². The number of halogens is 1.